The van der Waals surface area contributed by atoms with Crippen molar-refractivity contribution < 1.29 is 42.2 Å². The minimum atomic E-state index is -2.70. The van der Waals surface area contributed by atoms with Gasteiger partial charge in [0.1, 0.15) is 23.3 Å². The molecule has 2 saturated heterocycles. The fourth-order valence-corrected chi connectivity index (χ4v) is 9.13. The van der Waals surface area contributed by atoms with Gasteiger partial charge in [-0.2, -0.15) is 0 Å². The third-order valence-electron chi connectivity index (χ3n) is 11.3. The van der Waals surface area contributed by atoms with Crippen LogP contribution in [0.5, 0.6) is 17.2 Å². The van der Waals surface area contributed by atoms with Gasteiger partial charge in [0.25, 0.3) is 17.4 Å². The Bertz CT molecular complexity index is 2310. The molecule has 2 N–H and O–H groups in total. The normalized spacial score (nSPS) is 18.8. The first-order chi connectivity index (χ1) is 29.2. The molecule has 2 atom stereocenters. The number of piperidine rings is 2. The zero-order valence-electron chi connectivity index (χ0n) is 35.5. The Hall–Kier alpha value is -5.23. The van der Waals surface area contributed by atoms with Crippen LogP contribution in [0.25, 0.3) is 21.2 Å². The van der Waals surface area contributed by atoms with Gasteiger partial charge in [-0.1, -0.05) is 6.07 Å². The summed E-state index contributed by atoms with van der Waals surface area (Å²) in [6, 6.07) is 9.52. The number of unbranched alkanes of at least 4 members (excludes halogenated alkanes) is 2. The summed E-state index contributed by atoms with van der Waals surface area (Å²) in [5, 5.41) is 5.55. The third-order valence-corrected chi connectivity index (χ3v) is 12.4. The molecule has 0 saturated carbocycles. The Balaban J connectivity index is 0.000000210. The van der Waals surface area contributed by atoms with Gasteiger partial charge >= 0.3 is 0 Å². The van der Waals surface area contributed by atoms with Gasteiger partial charge in [0, 0.05) is 55.1 Å². The molecule has 3 aliphatic heterocycles. The number of hydrogen-bond acceptors (Lipinski definition) is 12. The quantitative estimate of drug-likeness (QED) is 0.0936. The number of rotatable bonds is 15. The van der Waals surface area contributed by atoms with Gasteiger partial charge in [-0.05, 0) is 101 Å². The highest BCUT2D eigenvalue weighted by Gasteiger charge is 2.43. The van der Waals surface area contributed by atoms with Crippen LogP contribution >= 0.6 is 11.3 Å². The zero-order valence-corrected chi connectivity index (χ0v) is 36.3. The first-order valence-corrected chi connectivity index (χ1v) is 21.2. The number of aromatic nitrogens is 1. The largest absolute Gasteiger partial charge is 0.496 e. The van der Waals surface area contributed by atoms with Crippen molar-refractivity contribution in [1.29, 1.82) is 0 Å². The molecule has 3 aliphatic rings. The molecule has 61 heavy (non-hydrogen) atoms. The Labute approximate surface area is 357 Å². The lowest BCUT2D eigenvalue weighted by molar-refractivity contribution is -0.136. The highest BCUT2D eigenvalue weighted by Crippen LogP contribution is 2.39. The fraction of sp³-hybridized carbons (Fsp3) is 0.477. The number of benzene rings is 2. The molecule has 2 unspecified atom stereocenters. The Morgan fingerprint density at radius 3 is 2.38 bits per heavy atom. The van der Waals surface area contributed by atoms with Crippen LogP contribution in [0.3, 0.4) is 0 Å². The highest BCUT2D eigenvalue weighted by atomic mass is 32.1. The van der Waals surface area contributed by atoms with E-state index < -0.39 is 23.9 Å². The van der Waals surface area contributed by atoms with Gasteiger partial charge in [0.2, 0.25) is 11.8 Å². The van der Waals surface area contributed by atoms with Crippen molar-refractivity contribution in [2.24, 2.45) is 7.05 Å². The summed E-state index contributed by atoms with van der Waals surface area (Å²) in [7, 11) is 10.5. The number of aryl methyl sites for hydroxylation is 1. The number of carbonyl (C=O) groups is 4. The first-order valence-electron chi connectivity index (χ1n) is 20.3. The number of ether oxygens (including phenoxy) is 3. The Morgan fingerprint density at radius 2 is 1.74 bits per heavy atom. The lowest BCUT2D eigenvalue weighted by Crippen LogP contribution is -2.56. The molecule has 7 rings (SSSR count). The first kappa shape index (κ1) is 45.3. The van der Waals surface area contributed by atoms with Crippen LogP contribution in [0.1, 0.15) is 69.7 Å². The van der Waals surface area contributed by atoms with Gasteiger partial charge in [0.15, 0.2) is 6.29 Å². The number of methoxy groups -OCH3 is 2. The van der Waals surface area contributed by atoms with Crippen molar-refractivity contribution >= 4 is 45.4 Å². The molecule has 4 aromatic rings. The number of alkyl halides is 2. The number of carbonyl (C=O) groups excluding carboxylic acids is 4. The van der Waals surface area contributed by atoms with E-state index >= 15 is 0 Å². The number of likely N-dealkylation sites (tertiary alicyclic amines) is 1. The number of nitrogens with zero attached hydrogens (tertiary/aromatic N) is 4. The van der Waals surface area contributed by atoms with Gasteiger partial charge in [0.05, 0.1) is 49.2 Å². The molecule has 14 nitrogen and oxygen atoms in total. The van der Waals surface area contributed by atoms with Crippen molar-refractivity contribution in [2.75, 3.05) is 61.6 Å². The van der Waals surface area contributed by atoms with E-state index in [1.807, 2.05) is 48.2 Å². The summed E-state index contributed by atoms with van der Waals surface area (Å²) in [5.74, 6) is -1.64. The second-order valence-corrected chi connectivity index (χ2v) is 16.9. The SMILES string of the molecule is CNC1CCN(CCCCCOc2ccc3c(c2)C(=O)N(C2CCC(=O)NC2=O)C3)CC1(F)F.COc1cc(-c2cn(C)c(=O)c3cc(C=O)sc23)cc(OC)c1CN(C)C. The number of thiophene rings is 1. The highest BCUT2D eigenvalue weighted by molar-refractivity contribution is 7.21. The number of amides is 3. The third kappa shape index (κ3) is 10.3. The van der Waals surface area contributed by atoms with Crippen LogP contribution in [0.2, 0.25) is 0 Å². The maximum Gasteiger partial charge on any atom is 0.275 e. The van der Waals surface area contributed by atoms with Crippen molar-refractivity contribution in [3.63, 3.8) is 0 Å². The number of pyridine rings is 1. The smallest absolute Gasteiger partial charge is 0.275 e. The van der Waals surface area contributed by atoms with E-state index in [9.17, 15) is 32.8 Å². The molecule has 5 heterocycles. The molecule has 0 bridgehead atoms. The minimum absolute atomic E-state index is 0.124. The molecule has 2 fully saturated rings. The van der Waals surface area contributed by atoms with Crippen molar-refractivity contribution in [3.8, 4) is 28.4 Å². The van der Waals surface area contributed by atoms with Gasteiger partial charge in [-0.15, -0.1) is 11.3 Å². The van der Waals surface area contributed by atoms with Gasteiger partial charge < -0.3 is 33.9 Å². The summed E-state index contributed by atoms with van der Waals surface area (Å²) in [4.78, 5) is 66.0. The van der Waals surface area contributed by atoms with E-state index in [0.717, 1.165) is 52.5 Å². The predicted octanol–water partition coefficient (Wildman–Crippen LogP) is 5.08. The van der Waals surface area contributed by atoms with E-state index in [4.69, 9.17) is 14.2 Å². The lowest BCUT2D eigenvalue weighted by Gasteiger charge is -2.38. The summed E-state index contributed by atoms with van der Waals surface area (Å²) in [5.41, 5.74) is 3.91. The summed E-state index contributed by atoms with van der Waals surface area (Å²) >= 11 is 1.31. The van der Waals surface area contributed by atoms with E-state index in [-0.39, 0.29) is 30.3 Å². The molecule has 2 aromatic heterocycles. The number of halogens is 2. The minimum Gasteiger partial charge on any atom is -0.496 e. The fourth-order valence-electron chi connectivity index (χ4n) is 8.13. The van der Waals surface area contributed by atoms with Crippen LogP contribution in [0.4, 0.5) is 8.78 Å². The Kier molecular flexibility index (Phi) is 14.6. The van der Waals surface area contributed by atoms with Crippen molar-refractivity contribution in [2.45, 2.75) is 69.6 Å². The number of nitrogens with one attached hydrogen (secondary N) is 2. The Morgan fingerprint density at radius 1 is 1.00 bits per heavy atom. The molecule has 328 valence electrons. The van der Waals surface area contributed by atoms with Crippen molar-refractivity contribution in [1.82, 2.24) is 29.9 Å². The zero-order chi connectivity index (χ0) is 44.0. The average Bonchev–Trinajstić information content (AvgIpc) is 3.81. The molecule has 3 amide bonds. The van der Waals surface area contributed by atoms with E-state index in [1.165, 1.54) is 20.8 Å². The maximum atomic E-state index is 14.0. The summed E-state index contributed by atoms with van der Waals surface area (Å²) < 4.78 is 47.4. The molecule has 0 spiro atoms. The second kappa shape index (κ2) is 19.6. The summed E-state index contributed by atoms with van der Waals surface area (Å²) in [6.45, 7) is 2.61. The van der Waals surface area contributed by atoms with E-state index in [2.05, 4.69) is 10.6 Å². The monoisotopic (exact) mass is 864 g/mol. The summed E-state index contributed by atoms with van der Waals surface area (Å²) in [6.07, 6.45) is 6.05. The molecular weight excluding hydrogens is 811 g/mol. The molecular formula is C44H54F2N6O8S. The average molecular weight is 865 g/mol. The lowest BCUT2D eigenvalue weighted by atomic mass is 10.0. The standard InChI is InChI=1S/C24H32F2N4O4.C20H22N2O4S/c1-27-20-9-11-29(15-24(20,25)26)10-3-2-4-12-34-17-6-5-16-14-30(23(33)18(16)13-17)19-7-8-21(31)28-22(19)32;1-21(2)9-16-17(25-4)6-12(7-18(16)26-5)15-10-22(3)20(24)14-8-13(11-23)27-19(14)15/h5-6,13,19-20,27H,2-4,7-12,14-15H2,1H3,(H,28,31,32);6-8,10-11H,9H2,1-5H3. The topological polar surface area (TPSA) is 152 Å². The molecule has 0 aliphatic carbocycles. The van der Waals surface area contributed by atoms with E-state index in [1.54, 1.807) is 46.6 Å². The van der Waals surface area contributed by atoms with Gasteiger partial charge in [-0.25, -0.2) is 8.78 Å². The number of aldehydes is 1. The van der Waals surface area contributed by atoms with Crippen LogP contribution < -0.4 is 30.4 Å². The number of hydrogen-bond donors (Lipinski definition) is 2. The molecule has 2 aromatic carbocycles. The molecule has 0 radical (unpaired) electrons. The maximum absolute atomic E-state index is 14.0. The van der Waals surface area contributed by atoms with Crippen LogP contribution in [-0.2, 0) is 29.7 Å². The second-order valence-electron chi connectivity index (χ2n) is 15.9. The van der Waals surface area contributed by atoms with E-state index in [0.29, 0.717) is 78.7 Å². The van der Waals surface area contributed by atoms with Crippen molar-refractivity contribution in [3.05, 3.63) is 74.5 Å². The van der Waals surface area contributed by atoms with Crippen LogP contribution in [0.15, 0.2) is 47.4 Å². The van der Waals surface area contributed by atoms with Crippen LogP contribution in [0, 0.1) is 0 Å². The van der Waals surface area contributed by atoms with Gasteiger partial charge in [-0.3, -0.25) is 34.2 Å². The number of fused-ring (bicyclic) bond motifs is 2. The predicted molar refractivity (Wildman–Crippen MR) is 229 cm³/mol. The molecule has 17 heteroatoms. The van der Waals surface area contributed by atoms with Crippen LogP contribution in [-0.4, -0.2) is 123 Å². The number of imide groups is 1.